The second kappa shape index (κ2) is 7.63. The lowest BCUT2D eigenvalue weighted by Gasteiger charge is -2.35. The Bertz CT molecular complexity index is 919. The van der Waals surface area contributed by atoms with E-state index in [0.717, 1.165) is 18.4 Å². The Morgan fingerprint density at radius 1 is 1.17 bits per heavy atom. The minimum Gasteiger partial charge on any atom is -0.458 e. The molecule has 2 aliphatic rings. The number of fused-ring (bicyclic) bond motifs is 1. The molecule has 2 heterocycles. The summed E-state index contributed by atoms with van der Waals surface area (Å²) < 4.78 is 31.1. The Kier molecular flexibility index (Phi) is 5.69. The van der Waals surface area contributed by atoms with Gasteiger partial charge in [0.15, 0.2) is 0 Å². The molecular weight excluding hydrogens is 392 g/mol. The summed E-state index contributed by atoms with van der Waals surface area (Å²) in [6.45, 7) is 7.80. The number of hydrogen-bond donors (Lipinski definition) is 0. The van der Waals surface area contributed by atoms with E-state index < -0.39 is 21.7 Å². The lowest BCUT2D eigenvalue weighted by molar-refractivity contribution is -0.161. The third kappa shape index (κ3) is 4.57. The number of piperidine rings is 1. The van der Waals surface area contributed by atoms with Gasteiger partial charge in [-0.25, -0.2) is 13.2 Å². The van der Waals surface area contributed by atoms with Crippen LogP contribution < -0.4 is 4.31 Å². The number of benzene rings is 1. The SMILES string of the molecule is C[C@H]1Cc2cc(C(=O)N3CCCC[C@@H]3C(=O)OC(C)(C)C)ccc2N1S(C)(=O)=O. The van der Waals surface area contributed by atoms with E-state index in [1.807, 2.05) is 27.7 Å². The van der Waals surface area contributed by atoms with Crippen LogP contribution in [-0.4, -0.2) is 55.7 Å². The first-order valence-corrected chi connectivity index (χ1v) is 11.9. The van der Waals surface area contributed by atoms with Crippen molar-refractivity contribution < 1.29 is 22.7 Å². The van der Waals surface area contributed by atoms with Gasteiger partial charge in [0, 0.05) is 18.2 Å². The van der Waals surface area contributed by atoms with E-state index in [-0.39, 0.29) is 17.9 Å². The summed E-state index contributed by atoms with van der Waals surface area (Å²) in [6, 6.07) is 4.34. The zero-order valence-corrected chi connectivity index (χ0v) is 18.6. The number of carbonyl (C=O) groups is 2. The maximum Gasteiger partial charge on any atom is 0.329 e. The van der Waals surface area contributed by atoms with Gasteiger partial charge in [-0.1, -0.05) is 0 Å². The van der Waals surface area contributed by atoms with Crippen molar-refractivity contribution in [3.63, 3.8) is 0 Å². The average Bonchev–Trinajstić information content (AvgIpc) is 2.94. The van der Waals surface area contributed by atoms with Crippen molar-refractivity contribution in [1.82, 2.24) is 4.90 Å². The van der Waals surface area contributed by atoms with Gasteiger partial charge in [-0.2, -0.15) is 0 Å². The van der Waals surface area contributed by atoms with Gasteiger partial charge in [0.2, 0.25) is 10.0 Å². The summed E-state index contributed by atoms with van der Waals surface area (Å²) >= 11 is 0. The van der Waals surface area contributed by atoms with Crippen LogP contribution in [0.5, 0.6) is 0 Å². The molecule has 2 atom stereocenters. The molecule has 1 amide bonds. The van der Waals surface area contributed by atoms with E-state index in [2.05, 4.69) is 0 Å². The maximum atomic E-state index is 13.2. The van der Waals surface area contributed by atoms with Gasteiger partial charge in [-0.15, -0.1) is 0 Å². The van der Waals surface area contributed by atoms with Gasteiger partial charge in [0.1, 0.15) is 11.6 Å². The summed E-state index contributed by atoms with van der Waals surface area (Å²) in [6.07, 6.45) is 4.05. The van der Waals surface area contributed by atoms with Gasteiger partial charge in [-0.05, 0) is 77.1 Å². The number of sulfonamides is 1. The molecule has 0 radical (unpaired) electrons. The van der Waals surface area contributed by atoms with Crippen LogP contribution in [0.4, 0.5) is 5.69 Å². The van der Waals surface area contributed by atoms with Crippen LogP contribution >= 0.6 is 0 Å². The zero-order chi connectivity index (χ0) is 21.6. The Morgan fingerprint density at radius 2 is 1.86 bits per heavy atom. The van der Waals surface area contributed by atoms with E-state index in [0.29, 0.717) is 30.6 Å². The monoisotopic (exact) mass is 422 g/mol. The Morgan fingerprint density at radius 3 is 2.48 bits per heavy atom. The van der Waals surface area contributed by atoms with Crippen LogP contribution in [0, 0.1) is 0 Å². The third-order valence-electron chi connectivity index (χ3n) is 5.28. The first kappa shape index (κ1) is 21.6. The highest BCUT2D eigenvalue weighted by Gasteiger charge is 2.37. The van der Waals surface area contributed by atoms with E-state index in [1.54, 1.807) is 23.1 Å². The molecule has 2 aliphatic heterocycles. The number of anilines is 1. The van der Waals surface area contributed by atoms with Gasteiger partial charge >= 0.3 is 5.97 Å². The fourth-order valence-corrected chi connectivity index (χ4v) is 5.46. The number of amides is 1. The number of rotatable bonds is 3. The average molecular weight is 423 g/mol. The van der Waals surface area contributed by atoms with Crippen molar-refractivity contribution in [2.75, 3.05) is 17.1 Å². The highest BCUT2D eigenvalue weighted by atomic mass is 32.2. The molecule has 0 bridgehead atoms. The summed E-state index contributed by atoms with van der Waals surface area (Å²) in [5, 5.41) is 0. The predicted molar refractivity (Wildman–Crippen MR) is 111 cm³/mol. The van der Waals surface area contributed by atoms with Crippen LogP contribution in [0.1, 0.15) is 62.9 Å². The normalized spacial score (nSPS) is 22.4. The molecule has 0 unspecified atom stereocenters. The summed E-state index contributed by atoms with van der Waals surface area (Å²) in [4.78, 5) is 27.5. The molecular formula is C21H30N2O5S. The molecule has 7 nitrogen and oxygen atoms in total. The van der Waals surface area contributed by atoms with E-state index >= 15 is 0 Å². The van der Waals surface area contributed by atoms with Gasteiger partial charge in [0.05, 0.1) is 11.9 Å². The number of likely N-dealkylation sites (tertiary alicyclic amines) is 1. The largest absolute Gasteiger partial charge is 0.458 e. The van der Waals surface area contributed by atoms with Gasteiger partial charge in [-0.3, -0.25) is 9.10 Å². The smallest absolute Gasteiger partial charge is 0.329 e. The van der Waals surface area contributed by atoms with Gasteiger partial charge in [0.25, 0.3) is 5.91 Å². The lowest BCUT2D eigenvalue weighted by Crippen LogP contribution is -2.50. The lowest BCUT2D eigenvalue weighted by atomic mass is 9.99. The minimum atomic E-state index is -3.38. The Balaban J connectivity index is 1.86. The van der Waals surface area contributed by atoms with Crippen molar-refractivity contribution >= 4 is 27.6 Å². The van der Waals surface area contributed by atoms with Crippen LogP contribution in [-0.2, 0) is 26.0 Å². The standard InChI is InChI=1S/C21H30N2O5S/c1-14-12-16-13-15(9-10-17(16)23(14)29(5,26)27)19(24)22-11-7-6-8-18(22)20(25)28-21(2,3)4/h9-10,13-14,18H,6-8,11-12H2,1-5H3/t14-,18+/m0/s1. The third-order valence-corrected chi connectivity index (χ3v) is 6.55. The number of hydrogen-bond acceptors (Lipinski definition) is 5. The Hall–Kier alpha value is -2.09. The minimum absolute atomic E-state index is 0.185. The molecule has 0 N–H and O–H groups in total. The van der Waals surface area contributed by atoms with Crippen molar-refractivity contribution in [3.05, 3.63) is 29.3 Å². The van der Waals surface area contributed by atoms with Gasteiger partial charge < -0.3 is 9.64 Å². The number of carbonyl (C=O) groups excluding carboxylic acids is 2. The molecule has 1 fully saturated rings. The zero-order valence-electron chi connectivity index (χ0n) is 17.8. The topological polar surface area (TPSA) is 84.0 Å². The second-order valence-electron chi connectivity index (χ2n) is 9.00. The number of ether oxygens (including phenoxy) is 1. The molecule has 1 aromatic rings. The molecule has 0 aliphatic carbocycles. The number of esters is 1. The first-order chi connectivity index (χ1) is 13.4. The van der Waals surface area contributed by atoms with Crippen molar-refractivity contribution in [3.8, 4) is 0 Å². The highest BCUT2D eigenvalue weighted by molar-refractivity contribution is 7.92. The number of nitrogens with zero attached hydrogens (tertiary/aromatic N) is 2. The van der Waals surface area contributed by atoms with E-state index in [9.17, 15) is 18.0 Å². The predicted octanol–water partition coefficient (Wildman–Crippen LogP) is 2.73. The second-order valence-corrected chi connectivity index (χ2v) is 10.9. The summed E-state index contributed by atoms with van der Waals surface area (Å²) in [5.41, 5.74) is 1.32. The molecule has 1 aromatic carbocycles. The maximum absolute atomic E-state index is 13.2. The fourth-order valence-electron chi connectivity index (χ4n) is 4.20. The summed E-state index contributed by atoms with van der Waals surface area (Å²) in [7, 11) is -3.38. The molecule has 0 aromatic heterocycles. The van der Waals surface area contributed by atoms with E-state index in [1.165, 1.54) is 10.6 Å². The molecule has 160 valence electrons. The quantitative estimate of drug-likeness (QED) is 0.700. The highest BCUT2D eigenvalue weighted by Crippen LogP contribution is 2.35. The molecule has 29 heavy (non-hydrogen) atoms. The van der Waals surface area contributed by atoms with Crippen molar-refractivity contribution in [2.45, 2.75) is 71.1 Å². The molecule has 1 saturated heterocycles. The van der Waals surface area contributed by atoms with Crippen LogP contribution in [0.15, 0.2) is 18.2 Å². The van der Waals surface area contributed by atoms with E-state index in [4.69, 9.17) is 4.74 Å². The molecule has 0 spiro atoms. The van der Waals surface area contributed by atoms with Crippen LogP contribution in [0.3, 0.4) is 0 Å². The molecule has 8 heteroatoms. The molecule has 0 saturated carbocycles. The van der Waals surface area contributed by atoms with Crippen LogP contribution in [0.25, 0.3) is 0 Å². The Labute approximate surface area is 173 Å². The van der Waals surface area contributed by atoms with Crippen LogP contribution in [0.2, 0.25) is 0 Å². The first-order valence-electron chi connectivity index (χ1n) is 10.0. The fraction of sp³-hybridized carbons (Fsp3) is 0.619. The molecule has 3 rings (SSSR count). The van der Waals surface area contributed by atoms with Crippen molar-refractivity contribution in [1.29, 1.82) is 0 Å². The summed E-state index contributed by atoms with van der Waals surface area (Å²) in [5.74, 6) is -0.586. The van der Waals surface area contributed by atoms with Crippen molar-refractivity contribution in [2.24, 2.45) is 0 Å².